The lowest BCUT2D eigenvalue weighted by Crippen LogP contribution is -2.28. The second-order valence-corrected chi connectivity index (χ2v) is 10.9. The first kappa shape index (κ1) is 26.7. The number of hydrogen-bond acceptors (Lipinski definition) is 6. The van der Waals surface area contributed by atoms with Crippen molar-refractivity contribution in [1.29, 1.82) is 0 Å². The molecule has 208 valence electrons. The molecule has 4 aromatic rings. The van der Waals surface area contributed by atoms with Gasteiger partial charge >= 0.3 is 5.97 Å². The van der Waals surface area contributed by atoms with E-state index < -0.39 is 5.97 Å². The summed E-state index contributed by atoms with van der Waals surface area (Å²) in [5.41, 5.74) is 8.19. The molecule has 1 aliphatic carbocycles. The highest BCUT2D eigenvalue weighted by Gasteiger charge is 2.26. The predicted octanol–water partition coefficient (Wildman–Crippen LogP) is 5.97. The van der Waals surface area contributed by atoms with Gasteiger partial charge < -0.3 is 9.57 Å². The Bertz CT molecular complexity index is 1720. The van der Waals surface area contributed by atoms with E-state index >= 15 is 0 Å². The number of aryl methyl sites for hydroxylation is 1. The molecule has 3 aromatic carbocycles. The maximum atomic E-state index is 14.1. The van der Waals surface area contributed by atoms with E-state index in [0.29, 0.717) is 30.5 Å². The van der Waals surface area contributed by atoms with Gasteiger partial charge in [0.1, 0.15) is 11.6 Å². The average Bonchev–Trinajstić information content (AvgIpc) is 3.66. The highest BCUT2D eigenvalue weighted by molar-refractivity contribution is 6.04. The smallest absolute Gasteiger partial charge is 0.331 e. The summed E-state index contributed by atoms with van der Waals surface area (Å²) < 4.78 is 7.43. The molecule has 0 bridgehead atoms. The topological polar surface area (TPSA) is 82.8 Å². The molecule has 2 aliphatic rings. The lowest BCUT2D eigenvalue weighted by atomic mass is 9.95. The van der Waals surface area contributed by atoms with E-state index in [1.54, 1.807) is 4.57 Å². The molecule has 1 aromatic heterocycles. The van der Waals surface area contributed by atoms with Gasteiger partial charge in [0.2, 0.25) is 0 Å². The fourth-order valence-corrected chi connectivity index (χ4v) is 5.51. The Morgan fingerprint density at radius 1 is 1.07 bits per heavy atom. The minimum Gasteiger partial charge on any atom is -0.493 e. The summed E-state index contributed by atoms with van der Waals surface area (Å²) in [6, 6.07) is 22.1. The van der Waals surface area contributed by atoms with Crippen molar-refractivity contribution in [3.63, 3.8) is 0 Å². The number of carbonyl (C=O) groups excluding carboxylic acids is 1. The molecule has 0 spiro atoms. The molecule has 7 heteroatoms. The van der Waals surface area contributed by atoms with E-state index in [9.17, 15) is 9.59 Å². The Morgan fingerprint density at radius 3 is 2.61 bits per heavy atom. The minimum atomic E-state index is -0.456. The zero-order valence-corrected chi connectivity index (χ0v) is 23.6. The number of nitrogens with zero attached hydrogens (tertiary/aromatic N) is 3. The Hall–Kier alpha value is -4.52. The van der Waals surface area contributed by atoms with Gasteiger partial charge in [0.25, 0.3) is 5.56 Å². The van der Waals surface area contributed by atoms with Gasteiger partial charge in [-0.05, 0) is 79.5 Å². The van der Waals surface area contributed by atoms with Crippen LogP contribution < -0.4 is 10.3 Å². The van der Waals surface area contributed by atoms with Crippen molar-refractivity contribution in [2.45, 2.75) is 52.9 Å². The summed E-state index contributed by atoms with van der Waals surface area (Å²) in [7, 11) is 0. The normalized spacial score (nSPS) is 14.5. The first-order chi connectivity index (χ1) is 19.9. The van der Waals surface area contributed by atoms with Crippen LogP contribution in [0.4, 0.5) is 0 Å². The Labute approximate surface area is 239 Å². The summed E-state index contributed by atoms with van der Waals surface area (Å²) >= 11 is 0. The van der Waals surface area contributed by atoms with Gasteiger partial charge in [-0.2, -0.15) is 0 Å². The van der Waals surface area contributed by atoms with Crippen LogP contribution in [-0.2, 0) is 28.9 Å². The number of ether oxygens (including phenoxy) is 1. The number of hydrogen-bond donors (Lipinski definition) is 0. The number of rotatable bonds is 8. The van der Waals surface area contributed by atoms with Gasteiger partial charge in [-0.25, -0.2) is 9.78 Å². The van der Waals surface area contributed by atoms with Crippen molar-refractivity contribution in [3.05, 3.63) is 111 Å². The molecule has 2 heterocycles. The van der Waals surface area contributed by atoms with Crippen LogP contribution in [-0.4, -0.2) is 27.8 Å². The van der Waals surface area contributed by atoms with Crippen molar-refractivity contribution in [1.82, 2.24) is 9.55 Å². The lowest BCUT2D eigenvalue weighted by Gasteiger charge is -2.16. The van der Waals surface area contributed by atoms with Crippen LogP contribution >= 0.6 is 0 Å². The minimum absolute atomic E-state index is 0.00116. The monoisotopic (exact) mass is 547 g/mol. The standard InChI is InChI=1S/C34H33N3O4/c1-21(36-41-23(3)38)29-6-4-5-7-30(29)26-12-10-24(11-13-26)18-31-32(19-25-8-9-25)35-22(2)37(34(31)39)28-14-15-33-27(20-28)16-17-40-33/h4-7,10-15,20,25H,8-9,16-19H2,1-3H3/b36-21+. The molecule has 0 atom stereocenters. The van der Waals surface area contributed by atoms with Crippen LogP contribution in [0.3, 0.4) is 0 Å². The third kappa shape index (κ3) is 5.71. The Balaban J connectivity index is 1.34. The number of carbonyl (C=O) groups is 1. The lowest BCUT2D eigenvalue weighted by molar-refractivity contribution is -0.140. The molecular formula is C34H33N3O4. The Morgan fingerprint density at radius 2 is 1.85 bits per heavy atom. The summed E-state index contributed by atoms with van der Waals surface area (Å²) in [5.74, 6) is 1.77. The van der Waals surface area contributed by atoms with Gasteiger partial charge in [0.15, 0.2) is 0 Å². The maximum Gasteiger partial charge on any atom is 0.331 e. The molecule has 6 rings (SSSR count). The number of oxime groups is 1. The molecular weight excluding hydrogens is 514 g/mol. The molecule has 1 fully saturated rings. The van der Waals surface area contributed by atoms with Crippen molar-refractivity contribution in [3.8, 4) is 22.6 Å². The van der Waals surface area contributed by atoms with E-state index in [0.717, 1.165) is 63.4 Å². The zero-order valence-electron chi connectivity index (χ0n) is 23.6. The van der Waals surface area contributed by atoms with Crippen LogP contribution in [0.5, 0.6) is 5.75 Å². The number of benzene rings is 3. The molecule has 7 nitrogen and oxygen atoms in total. The predicted molar refractivity (Wildman–Crippen MR) is 159 cm³/mol. The third-order valence-electron chi connectivity index (χ3n) is 7.81. The fraction of sp³-hybridized carbons (Fsp3) is 0.294. The maximum absolute atomic E-state index is 14.1. The van der Waals surface area contributed by atoms with Gasteiger partial charge in [0.05, 0.1) is 23.7 Å². The van der Waals surface area contributed by atoms with Crippen molar-refractivity contribution in [2.24, 2.45) is 11.1 Å². The quantitative estimate of drug-likeness (QED) is 0.154. The van der Waals surface area contributed by atoms with E-state index in [2.05, 4.69) is 35.5 Å². The third-order valence-corrected chi connectivity index (χ3v) is 7.81. The van der Waals surface area contributed by atoms with Gasteiger partial charge in [0, 0.05) is 30.9 Å². The second-order valence-electron chi connectivity index (χ2n) is 10.9. The molecule has 0 radical (unpaired) electrons. The second kappa shape index (κ2) is 11.2. The molecule has 0 amide bonds. The van der Waals surface area contributed by atoms with E-state index in [1.165, 1.54) is 19.8 Å². The Kier molecular flexibility index (Phi) is 7.26. The first-order valence-electron chi connectivity index (χ1n) is 14.2. The number of aromatic nitrogens is 2. The molecule has 1 saturated carbocycles. The first-order valence-corrected chi connectivity index (χ1v) is 14.2. The van der Waals surface area contributed by atoms with Crippen LogP contribution in [0, 0.1) is 12.8 Å². The zero-order chi connectivity index (χ0) is 28.5. The molecule has 0 saturated heterocycles. The van der Waals surface area contributed by atoms with Gasteiger partial charge in [-0.3, -0.25) is 9.36 Å². The SMILES string of the molecule is CC(=O)O/N=C(\C)c1ccccc1-c1ccc(Cc2c(CC3CC3)nc(C)n(-c3ccc4c(c3)CCO4)c2=O)cc1. The summed E-state index contributed by atoms with van der Waals surface area (Å²) in [5, 5.41) is 3.98. The van der Waals surface area contributed by atoms with Gasteiger partial charge in [-0.15, -0.1) is 0 Å². The van der Waals surface area contributed by atoms with E-state index in [-0.39, 0.29) is 5.56 Å². The number of fused-ring (bicyclic) bond motifs is 1. The van der Waals surface area contributed by atoms with Crippen LogP contribution in [0.15, 0.2) is 76.7 Å². The van der Waals surface area contributed by atoms with Crippen LogP contribution in [0.2, 0.25) is 0 Å². The summed E-state index contributed by atoms with van der Waals surface area (Å²) in [6.45, 7) is 5.75. The highest BCUT2D eigenvalue weighted by atomic mass is 16.7. The largest absolute Gasteiger partial charge is 0.493 e. The van der Waals surface area contributed by atoms with Crippen molar-refractivity contribution < 1.29 is 14.4 Å². The summed E-state index contributed by atoms with van der Waals surface area (Å²) in [6.07, 6.45) is 4.60. The van der Waals surface area contributed by atoms with Gasteiger partial charge in [-0.1, -0.05) is 53.7 Å². The summed E-state index contributed by atoms with van der Waals surface area (Å²) in [4.78, 5) is 35.2. The van der Waals surface area contributed by atoms with Crippen LogP contribution in [0.1, 0.15) is 60.5 Å². The highest BCUT2D eigenvalue weighted by Crippen LogP contribution is 2.33. The van der Waals surface area contributed by atoms with E-state index in [1.807, 2.05) is 50.2 Å². The van der Waals surface area contributed by atoms with Crippen molar-refractivity contribution in [2.75, 3.05) is 6.61 Å². The molecule has 0 N–H and O–H groups in total. The van der Waals surface area contributed by atoms with E-state index in [4.69, 9.17) is 14.6 Å². The molecule has 1 aliphatic heterocycles. The van der Waals surface area contributed by atoms with Crippen molar-refractivity contribution >= 4 is 11.7 Å². The average molecular weight is 548 g/mol. The molecule has 0 unspecified atom stereocenters. The fourth-order valence-electron chi connectivity index (χ4n) is 5.51. The molecule has 41 heavy (non-hydrogen) atoms. The van der Waals surface area contributed by atoms with Crippen LogP contribution in [0.25, 0.3) is 16.8 Å².